The Bertz CT molecular complexity index is 1160. The number of hydrogen-bond donors (Lipinski definition) is 2. The molecule has 6 heteroatoms. The van der Waals surface area contributed by atoms with Gasteiger partial charge in [0.25, 0.3) is 0 Å². The van der Waals surface area contributed by atoms with Crippen LogP contribution in [0.5, 0.6) is 5.75 Å². The third-order valence-corrected chi connectivity index (χ3v) is 8.36. The van der Waals surface area contributed by atoms with Gasteiger partial charge in [-0.1, -0.05) is 30.3 Å². The molecule has 2 atom stereocenters. The minimum Gasteiger partial charge on any atom is -0.508 e. The van der Waals surface area contributed by atoms with Gasteiger partial charge in [0.05, 0.1) is 11.4 Å². The molecule has 5 rings (SSSR count). The quantitative estimate of drug-likeness (QED) is 0.218. The number of likely N-dealkylation sites (tertiary alicyclic amines) is 1. The van der Waals surface area contributed by atoms with Crippen LogP contribution in [0.15, 0.2) is 54.6 Å². The number of fused-ring (bicyclic) bond motifs is 2. The molecule has 2 aromatic carbocycles. The molecule has 0 unspecified atom stereocenters. The van der Waals surface area contributed by atoms with Crippen LogP contribution in [0.1, 0.15) is 29.7 Å². The first-order valence-corrected chi connectivity index (χ1v) is 12.9. The molecule has 2 aliphatic rings. The Balaban J connectivity index is 1.07. The van der Waals surface area contributed by atoms with E-state index < -0.39 is 0 Å². The van der Waals surface area contributed by atoms with Crippen LogP contribution in [-0.2, 0) is 5.41 Å². The van der Waals surface area contributed by atoms with Crippen LogP contribution in [0.3, 0.4) is 0 Å². The van der Waals surface area contributed by atoms with Crippen LogP contribution in [-0.4, -0.2) is 64.0 Å². The molecular weight excluding hydrogens is 428 g/mol. The highest BCUT2D eigenvalue weighted by atomic mass is 32.2. The molecule has 0 radical (unpaired) electrons. The summed E-state index contributed by atoms with van der Waals surface area (Å²) in [6, 6.07) is 18.0. The number of phenolic OH excluding ortho intramolecular Hbond substituents is 1. The number of pyridine rings is 1. The lowest BCUT2D eigenvalue weighted by Crippen LogP contribution is -2.28. The van der Waals surface area contributed by atoms with Crippen molar-refractivity contribution >= 4 is 28.5 Å². The second-order valence-electron chi connectivity index (χ2n) is 9.60. The van der Waals surface area contributed by atoms with Crippen LogP contribution >= 0.6 is 11.8 Å². The molecule has 0 spiro atoms. The van der Waals surface area contributed by atoms with Gasteiger partial charge in [0.2, 0.25) is 0 Å². The molecule has 0 bridgehead atoms. The van der Waals surface area contributed by atoms with Gasteiger partial charge in [-0.05, 0) is 67.8 Å². The summed E-state index contributed by atoms with van der Waals surface area (Å²) < 4.78 is 0. The van der Waals surface area contributed by atoms with Crippen LogP contribution < -0.4 is 0 Å². The van der Waals surface area contributed by atoms with Gasteiger partial charge in [-0.15, -0.1) is 11.8 Å². The van der Waals surface area contributed by atoms with E-state index in [9.17, 15) is 5.11 Å². The number of hydrogen-bond acceptors (Lipinski definition) is 5. The monoisotopic (exact) mass is 460 g/mol. The lowest BCUT2D eigenvalue weighted by atomic mass is 9.95. The van der Waals surface area contributed by atoms with E-state index in [2.05, 4.69) is 28.1 Å². The number of aromatic nitrogens is 1. The van der Waals surface area contributed by atoms with Crippen molar-refractivity contribution in [3.63, 3.8) is 0 Å². The molecule has 1 aromatic heterocycles. The Morgan fingerprint density at radius 3 is 2.85 bits per heavy atom. The number of amidine groups is 1. The molecular formula is C27H32N4OS. The van der Waals surface area contributed by atoms with Crippen molar-refractivity contribution in [2.75, 3.05) is 38.3 Å². The van der Waals surface area contributed by atoms with Crippen molar-refractivity contribution in [2.24, 2.45) is 5.92 Å². The Labute approximate surface area is 200 Å². The van der Waals surface area contributed by atoms with E-state index in [0.717, 1.165) is 52.8 Å². The summed E-state index contributed by atoms with van der Waals surface area (Å²) in [6.45, 7) is 5.48. The number of aryl methyl sites for hydroxylation is 1. The number of nitrogens with zero attached hydrogens (tertiary/aromatic N) is 3. The summed E-state index contributed by atoms with van der Waals surface area (Å²) in [4.78, 5) is 9.24. The predicted molar refractivity (Wildman–Crippen MR) is 137 cm³/mol. The molecule has 2 N–H and O–H groups in total. The fraction of sp³-hybridized carbons (Fsp3) is 0.407. The minimum atomic E-state index is 0.335. The van der Waals surface area contributed by atoms with Gasteiger partial charge >= 0.3 is 0 Å². The average Bonchev–Trinajstić information content (AvgIpc) is 3.39. The largest absolute Gasteiger partial charge is 0.508 e. The molecule has 5 nitrogen and oxygen atoms in total. The van der Waals surface area contributed by atoms with Gasteiger partial charge in [0.15, 0.2) is 0 Å². The molecule has 1 saturated heterocycles. The summed E-state index contributed by atoms with van der Waals surface area (Å²) in [6.07, 6.45) is 2.46. The third-order valence-electron chi connectivity index (χ3n) is 7.21. The predicted octanol–water partition coefficient (Wildman–Crippen LogP) is 4.86. The third kappa shape index (κ3) is 4.46. The van der Waals surface area contributed by atoms with Crippen molar-refractivity contribution in [1.82, 2.24) is 14.8 Å². The summed E-state index contributed by atoms with van der Waals surface area (Å²) in [7, 11) is 2.01. The number of phenols is 1. The Hall–Kier alpha value is -2.57. The zero-order valence-corrected chi connectivity index (χ0v) is 20.2. The van der Waals surface area contributed by atoms with Crippen molar-refractivity contribution in [1.29, 1.82) is 5.41 Å². The summed E-state index contributed by atoms with van der Waals surface area (Å²) >= 11 is 1.90. The molecule has 3 aromatic rings. The Morgan fingerprint density at radius 1 is 1.21 bits per heavy atom. The standard InChI is InChI=1S/C27H32N4OS/c1-19-7-12-23-24(5-3-6-25(23)29-19)26(28)30(2)18-33-14-4-13-31-16-21-15-27(21,17-31)20-8-10-22(32)11-9-20/h3,5-12,21,28,32H,4,13-18H2,1-2H3/t21-,27+/m1/s1. The SMILES string of the molecule is Cc1ccc2c(C(=N)N(C)CSCCCN3C[C@H]4C[C@@]4(c4ccc(O)cc4)C3)cccc2n1. The number of thioether (sulfide) groups is 1. The van der Waals surface area contributed by atoms with E-state index in [1.807, 2.05) is 67.0 Å². The lowest BCUT2D eigenvalue weighted by Gasteiger charge is -2.22. The Morgan fingerprint density at radius 2 is 2.03 bits per heavy atom. The van der Waals surface area contributed by atoms with Crippen LogP contribution in [0, 0.1) is 18.3 Å². The molecule has 1 aliphatic heterocycles. The van der Waals surface area contributed by atoms with E-state index in [1.165, 1.54) is 24.9 Å². The molecule has 1 aliphatic carbocycles. The van der Waals surface area contributed by atoms with Crippen LogP contribution in [0.4, 0.5) is 0 Å². The van der Waals surface area contributed by atoms with Crippen LogP contribution in [0.25, 0.3) is 10.9 Å². The molecule has 0 amide bonds. The fourth-order valence-corrected chi connectivity index (χ4v) is 6.19. The fourth-order valence-electron chi connectivity index (χ4n) is 5.32. The first-order chi connectivity index (χ1) is 16.0. The highest BCUT2D eigenvalue weighted by Crippen LogP contribution is 2.59. The number of benzene rings is 2. The van der Waals surface area contributed by atoms with Gasteiger partial charge in [-0.25, -0.2) is 0 Å². The van der Waals surface area contributed by atoms with Crippen molar-refractivity contribution < 1.29 is 5.11 Å². The minimum absolute atomic E-state index is 0.335. The van der Waals surface area contributed by atoms with Crippen molar-refractivity contribution in [2.45, 2.75) is 25.2 Å². The maximum Gasteiger partial charge on any atom is 0.129 e. The van der Waals surface area contributed by atoms with Gasteiger partial charge < -0.3 is 14.9 Å². The molecule has 33 heavy (non-hydrogen) atoms. The topological polar surface area (TPSA) is 63.5 Å². The number of aromatic hydroxyl groups is 1. The van der Waals surface area contributed by atoms with Crippen LogP contribution in [0.2, 0.25) is 0 Å². The zero-order valence-electron chi connectivity index (χ0n) is 19.4. The molecule has 2 heterocycles. The maximum atomic E-state index is 9.58. The van der Waals surface area contributed by atoms with Crippen molar-refractivity contribution in [3.8, 4) is 5.75 Å². The van der Waals surface area contributed by atoms with Gasteiger partial charge in [-0.2, -0.15) is 0 Å². The molecule has 172 valence electrons. The second-order valence-corrected chi connectivity index (χ2v) is 10.7. The summed E-state index contributed by atoms with van der Waals surface area (Å²) in [5.74, 6) is 3.59. The van der Waals surface area contributed by atoms with E-state index in [4.69, 9.17) is 5.41 Å². The Kier molecular flexibility index (Phi) is 6.06. The van der Waals surface area contributed by atoms with E-state index in [1.54, 1.807) is 0 Å². The maximum absolute atomic E-state index is 9.58. The number of rotatable bonds is 8. The lowest BCUT2D eigenvalue weighted by molar-refractivity contribution is 0.299. The van der Waals surface area contributed by atoms with E-state index >= 15 is 0 Å². The zero-order chi connectivity index (χ0) is 23.0. The normalized spacial score (nSPS) is 21.8. The van der Waals surface area contributed by atoms with Gasteiger partial charge in [-0.3, -0.25) is 10.4 Å². The molecule has 2 fully saturated rings. The second kappa shape index (κ2) is 8.99. The summed E-state index contributed by atoms with van der Waals surface area (Å²) in [5.41, 5.74) is 4.62. The van der Waals surface area contributed by atoms with E-state index in [0.29, 0.717) is 17.0 Å². The first-order valence-electron chi connectivity index (χ1n) is 11.7. The number of piperidine rings is 1. The average molecular weight is 461 g/mol. The molecule has 1 saturated carbocycles. The van der Waals surface area contributed by atoms with Gasteiger partial charge in [0, 0.05) is 42.2 Å². The highest BCUT2D eigenvalue weighted by molar-refractivity contribution is 7.99. The summed E-state index contributed by atoms with van der Waals surface area (Å²) in [5, 5.41) is 19.3. The van der Waals surface area contributed by atoms with E-state index in [-0.39, 0.29) is 0 Å². The van der Waals surface area contributed by atoms with Gasteiger partial charge in [0.1, 0.15) is 11.6 Å². The smallest absolute Gasteiger partial charge is 0.129 e. The highest BCUT2D eigenvalue weighted by Gasteiger charge is 2.60. The first kappa shape index (κ1) is 22.2. The number of nitrogens with one attached hydrogen (secondary N) is 1. The van der Waals surface area contributed by atoms with Crippen molar-refractivity contribution in [3.05, 3.63) is 71.4 Å².